The molecule has 0 fully saturated rings. The van der Waals surface area contributed by atoms with Gasteiger partial charge in [-0.25, -0.2) is 18.0 Å². The second-order valence-electron chi connectivity index (χ2n) is 8.16. The SMILES string of the molecule is CC(C)(C)CC(C)(C)C(=O)ONC(=O)OS(=O)(=O)c1ccccc1S(C)(=O)=O. The van der Waals surface area contributed by atoms with Crippen LogP contribution in [0.15, 0.2) is 34.1 Å². The van der Waals surface area contributed by atoms with Gasteiger partial charge in [0, 0.05) is 6.26 Å². The lowest BCUT2D eigenvalue weighted by atomic mass is 9.76. The lowest BCUT2D eigenvalue weighted by Crippen LogP contribution is -2.37. The molecule has 1 amide bonds. The molecule has 9 nitrogen and oxygen atoms in total. The van der Waals surface area contributed by atoms with Crippen molar-refractivity contribution in [3.8, 4) is 0 Å². The predicted molar refractivity (Wildman–Crippen MR) is 100 cm³/mol. The van der Waals surface area contributed by atoms with Gasteiger partial charge >= 0.3 is 22.2 Å². The quantitative estimate of drug-likeness (QED) is 0.551. The molecule has 158 valence electrons. The molecule has 0 aliphatic rings. The van der Waals surface area contributed by atoms with E-state index >= 15 is 0 Å². The number of hydrogen-bond acceptors (Lipinski definition) is 8. The molecule has 0 bridgehead atoms. The summed E-state index contributed by atoms with van der Waals surface area (Å²) in [5.74, 6) is -0.784. The van der Waals surface area contributed by atoms with Crippen LogP contribution in [0.3, 0.4) is 0 Å². The first-order valence-corrected chi connectivity index (χ1v) is 11.5. The third-order valence-electron chi connectivity index (χ3n) is 3.46. The summed E-state index contributed by atoms with van der Waals surface area (Å²) in [5, 5.41) is 0. The molecule has 0 aliphatic carbocycles. The van der Waals surface area contributed by atoms with Crippen LogP contribution >= 0.6 is 0 Å². The van der Waals surface area contributed by atoms with Crippen molar-refractivity contribution in [2.75, 3.05) is 6.26 Å². The minimum absolute atomic E-state index is 0.193. The number of carbonyl (C=O) groups is 2. The minimum atomic E-state index is -4.77. The fourth-order valence-electron chi connectivity index (χ4n) is 2.75. The Morgan fingerprint density at radius 1 is 0.964 bits per heavy atom. The summed E-state index contributed by atoms with van der Waals surface area (Å²) < 4.78 is 52.3. The van der Waals surface area contributed by atoms with Gasteiger partial charge in [0.1, 0.15) is 4.90 Å². The summed E-state index contributed by atoms with van der Waals surface area (Å²) in [6.45, 7) is 9.01. The number of hydroxylamine groups is 1. The van der Waals surface area contributed by atoms with E-state index in [1.807, 2.05) is 20.8 Å². The largest absolute Gasteiger partial charge is 0.456 e. The monoisotopic (exact) mass is 435 g/mol. The van der Waals surface area contributed by atoms with E-state index in [2.05, 4.69) is 9.02 Å². The van der Waals surface area contributed by atoms with Crippen LogP contribution < -0.4 is 5.48 Å². The zero-order valence-corrected chi connectivity index (χ0v) is 18.2. The molecule has 0 saturated carbocycles. The number of benzene rings is 1. The summed E-state index contributed by atoms with van der Waals surface area (Å²) in [5.41, 5.74) is 0.475. The topological polar surface area (TPSA) is 133 Å². The van der Waals surface area contributed by atoms with Crippen molar-refractivity contribution in [2.45, 2.75) is 50.8 Å². The average molecular weight is 436 g/mol. The molecule has 0 unspecified atom stereocenters. The number of hydrogen-bond donors (Lipinski definition) is 1. The van der Waals surface area contributed by atoms with E-state index in [0.717, 1.165) is 18.4 Å². The smallest absolute Gasteiger partial charge is 0.337 e. The Balaban J connectivity index is 2.88. The van der Waals surface area contributed by atoms with E-state index in [0.29, 0.717) is 6.42 Å². The van der Waals surface area contributed by atoms with Crippen LogP contribution in [0.1, 0.15) is 41.0 Å². The highest BCUT2D eigenvalue weighted by atomic mass is 32.2. The zero-order chi connectivity index (χ0) is 22.0. The molecule has 1 rings (SSSR count). The van der Waals surface area contributed by atoms with Gasteiger partial charge in [-0.05, 0) is 37.8 Å². The van der Waals surface area contributed by atoms with Crippen molar-refractivity contribution in [1.29, 1.82) is 0 Å². The molecular weight excluding hydrogens is 410 g/mol. The van der Waals surface area contributed by atoms with Gasteiger partial charge in [-0.1, -0.05) is 32.9 Å². The number of carbonyl (C=O) groups excluding carboxylic acids is 2. The Morgan fingerprint density at radius 3 is 1.93 bits per heavy atom. The second kappa shape index (κ2) is 8.08. The van der Waals surface area contributed by atoms with E-state index in [-0.39, 0.29) is 5.41 Å². The van der Waals surface area contributed by atoms with Crippen molar-refractivity contribution < 1.29 is 35.4 Å². The summed E-state index contributed by atoms with van der Waals surface area (Å²) >= 11 is 0. The standard InChI is InChI=1S/C17H25NO8S2/c1-16(2,3)11-17(4,5)14(19)25-18-15(20)26-28(23,24)13-10-8-7-9-12(13)27(6,21)22/h7-10H,11H2,1-6H3,(H,18,20). The molecule has 1 aromatic rings. The van der Waals surface area contributed by atoms with Gasteiger partial charge in [0.25, 0.3) is 0 Å². The number of amides is 1. The first kappa shape index (κ1) is 23.9. The minimum Gasteiger partial charge on any atom is -0.337 e. The highest BCUT2D eigenvalue weighted by Crippen LogP contribution is 2.33. The molecule has 1 aromatic carbocycles. The van der Waals surface area contributed by atoms with E-state index < -0.39 is 47.2 Å². The molecule has 0 radical (unpaired) electrons. The predicted octanol–water partition coefficient (Wildman–Crippen LogP) is 2.43. The molecular formula is C17H25NO8S2. The van der Waals surface area contributed by atoms with Gasteiger partial charge in [-0.3, -0.25) is 0 Å². The number of nitrogens with one attached hydrogen (secondary N) is 1. The number of sulfone groups is 1. The Morgan fingerprint density at radius 2 is 1.46 bits per heavy atom. The normalized spacial score (nSPS) is 12.9. The van der Waals surface area contributed by atoms with Crippen LogP contribution in [0.4, 0.5) is 4.79 Å². The van der Waals surface area contributed by atoms with Gasteiger partial charge in [-0.15, -0.1) is 5.48 Å². The van der Waals surface area contributed by atoms with Crippen molar-refractivity contribution in [2.24, 2.45) is 10.8 Å². The van der Waals surface area contributed by atoms with Crippen LogP contribution in [0.5, 0.6) is 0 Å². The molecule has 1 N–H and O–H groups in total. The second-order valence-corrected chi connectivity index (χ2v) is 11.7. The van der Waals surface area contributed by atoms with Crippen molar-refractivity contribution in [3.63, 3.8) is 0 Å². The highest BCUT2D eigenvalue weighted by Gasteiger charge is 2.35. The van der Waals surface area contributed by atoms with Crippen LogP contribution in [0.25, 0.3) is 0 Å². The van der Waals surface area contributed by atoms with Gasteiger partial charge in [0.15, 0.2) is 9.84 Å². The maximum absolute atomic E-state index is 12.3. The fourth-order valence-corrected chi connectivity index (χ4v) is 5.15. The maximum atomic E-state index is 12.3. The van der Waals surface area contributed by atoms with Crippen LogP contribution in [0, 0.1) is 10.8 Å². The molecule has 0 aliphatic heterocycles. The molecule has 0 saturated heterocycles. The van der Waals surface area contributed by atoms with E-state index in [4.69, 9.17) is 0 Å². The molecule has 11 heteroatoms. The lowest BCUT2D eigenvalue weighted by molar-refractivity contribution is -0.161. The summed E-state index contributed by atoms with van der Waals surface area (Å²) in [6.07, 6.45) is -0.320. The Bertz CT molecular complexity index is 957. The van der Waals surface area contributed by atoms with E-state index in [1.165, 1.54) is 12.1 Å². The van der Waals surface area contributed by atoms with Gasteiger partial charge in [0.2, 0.25) is 0 Å². The van der Waals surface area contributed by atoms with Crippen LogP contribution in [0.2, 0.25) is 0 Å². The van der Waals surface area contributed by atoms with E-state index in [1.54, 1.807) is 19.3 Å². The highest BCUT2D eigenvalue weighted by molar-refractivity contribution is 7.92. The fraction of sp³-hybridized carbons (Fsp3) is 0.529. The molecule has 0 aromatic heterocycles. The Kier molecular flexibility index (Phi) is 6.89. The first-order chi connectivity index (χ1) is 12.5. The molecule has 0 atom stereocenters. The van der Waals surface area contributed by atoms with Crippen molar-refractivity contribution in [1.82, 2.24) is 5.48 Å². The third kappa shape index (κ3) is 6.79. The summed E-state index contributed by atoms with van der Waals surface area (Å²) in [7, 11) is -8.66. The van der Waals surface area contributed by atoms with Crippen molar-refractivity contribution >= 4 is 32.0 Å². The average Bonchev–Trinajstić information content (AvgIpc) is 2.49. The Hall–Kier alpha value is -2.14. The maximum Gasteiger partial charge on any atom is 0.456 e. The lowest BCUT2D eigenvalue weighted by Gasteiger charge is -2.29. The molecule has 0 spiro atoms. The van der Waals surface area contributed by atoms with Gasteiger partial charge in [0.05, 0.1) is 10.3 Å². The van der Waals surface area contributed by atoms with Gasteiger partial charge in [-0.2, -0.15) is 8.42 Å². The first-order valence-electron chi connectivity index (χ1n) is 8.20. The number of rotatable bonds is 5. The molecule has 28 heavy (non-hydrogen) atoms. The van der Waals surface area contributed by atoms with Gasteiger partial charge < -0.3 is 9.02 Å². The zero-order valence-electron chi connectivity index (χ0n) is 16.6. The summed E-state index contributed by atoms with van der Waals surface area (Å²) in [6, 6.07) is 4.66. The van der Waals surface area contributed by atoms with Crippen molar-refractivity contribution in [3.05, 3.63) is 24.3 Å². The van der Waals surface area contributed by atoms with E-state index in [9.17, 15) is 26.4 Å². The summed E-state index contributed by atoms with van der Waals surface area (Å²) in [4.78, 5) is 27.3. The van der Waals surface area contributed by atoms with Crippen LogP contribution in [-0.2, 0) is 33.8 Å². The van der Waals surface area contributed by atoms with Crippen LogP contribution in [-0.4, -0.2) is 35.2 Å². The third-order valence-corrected chi connectivity index (χ3v) is 6.00. The Labute approximate surface area is 165 Å². The molecule has 0 heterocycles.